The molecule has 1 rings (SSSR count). The van der Waals surface area contributed by atoms with Crippen molar-refractivity contribution in [3.63, 3.8) is 0 Å². The first kappa shape index (κ1) is 19.7. The van der Waals surface area contributed by atoms with E-state index >= 15 is 0 Å². The molecule has 1 atom stereocenters. The molecule has 1 nitrogen and oxygen atoms in total. The molecular weight excluding hydrogens is 256 g/mol. The van der Waals surface area contributed by atoms with Gasteiger partial charge in [-0.3, -0.25) is 0 Å². The number of benzene rings is 1. The molecule has 1 unspecified atom stereocenters. The standard InChI is InChI=1S/C18H26O.C2H6/c1-4-7-9-18(14-19)17-12-10-16(11-13-17)15(6-3)8-5-2;1-2/h4,7,9-13,15,19H,5-6,8,14H2,1-3H3;1-2H3/b7-4-,18-9+;. The summed E-state index contributed by atoms with van der Waals surface area (Å²) in [5.41, 5.74) is 3.49. The van der Waals surface area contributed by atoms with Crippen LogP contribution in [0.2, 0.25) is 0 Å². The zero-order valence-electron chi connectivity index (χ0n) is 14.4. The van der Waals surface area contributed by atoms with Gasteiger partial charge in [-0.05, 0) is 42.4 Å². The maximum absolute atomic E-state index is 9.41. The molecule has 118 valence electrons. The number of allylic oxidation sites excluding steroid dienone is 3. The summed E-state index contributed by atoms with van der Waals surface area (Å²) in [7, 11) is 0. The van der Waals surface area contributed by atoms with Crippen LogP contribution in [-0.2, 0) is 0 Å². The van der Waals surface area contributed by atoms with E-state index in [1.165, 1.54) is 24.8 Å². The Labute approximate surface area is 131 Å². The Kier molecular flexibility index (Phi) is 11.6. The van der Waals surface area contributed by atoms with Gasteiger partial charge in [0.25, 0.3) is 0 Å². The Hall–Kier alpha value is -1.34. The van der Waals surface area contributed by atoms with Crippen LogP contribution >= 0.6 is 0 Å². The molecule has 0 aliphatic rings. The van der Waals surface area contributed by atoms with Gasteiger partial charge in [0.05, 0.1) is 6.61 Å². The van der Waals surface area contributed by atoms with E-state index in [9.17, 15) is 5.11 Å². The Morgan fingerprint density at radius 2 is 1.76 bits per heavy atom. The molecule has 1 heteroatoms. The summed E-state index contributed by atoms with van der Waals surface area (Å²) >= 11 is 0. The van der Waals surface area contributed by atoms with Crippen LogP contribution < -0.4 is 0 Å². The average molecular weight is 288 g/mol. The van der Waals surface area contributed by atoms with Gasteiger partial charge in [0.15, 0.2) is 0 Å². The summed E-state index contributed by atoms with van der Waals surface area (Å²) in [6, 6.07) is 8.66. The molecule has 0 spiro atoms. The van der Waals surface area contributed by atoms with Crippen molar-refractivity contribution in [2.24, 2.45) is 0 Å². The van der Waals surface area contributed by atoms with E-state index in [1.807, 2.05) is 39.0 Å². The molecule has 0 heterocycles. The topological polar surface area (TPSA) is 20.2 Å². The molecule has 21 heavy (non-hydrogen) atoms. The van der Waals surface area contributed by atoms with Crippen molar-refractivity contribution in [3.8, 4) is 0 Å². The molecule has 1 N–H and O–H groups in total. The molecule has 0 amide bonds. The highest BCUT2D eigenvalue weighted by Crippen LogP contribution is 2.26. The summed E-state index contributed by atoms with van der Waals surface area (Å²) in [6.07, 6.45) is 9.57. The van der Waals surface area contributed by atoms with E-state index in [0.29, 0.717) is 5.92 Å². The zero-order chi connectivity index (χ0) is 16.1. The van der Waals surface area contributed by atoms with Gasteiger partial charge in [-0.25, -0.2) is 0 Å². The third-order valence-corrected chi connectivity index (χ3v) is 3.54. The molecular formula is C20H32O. The highest BCUT2D eigenvalue weighted by molar-refractivity contribution is 5.67. The van der Waals surface area contributed by atoms with Gasteiger partial charge in [0, 0.05) is 0 Å². The van der Waals surface area contributed by atoms with Crippen molar-refractivity contribution in [2.75, 3.05) is 6.61 Å². The lowest BCUT2D eigenvalue weighted by Gasteiger charge is -2.15. The Bertz CT molecular complexity index is 412. The first-order chi connectivity index (χ1) is 10.3. The predicted molar refractivity (Wildman–Crippen MR) is 95.6 cm³/mol. The number of aliphatic hydroxyl groups excluding tert-OH is 1. The second-order valence-electron chi connectivity index (χ2n) is 4.89. The monoisotopic (exact) mass is 288 g/mol. The van der Waals surface area contributed by atoms with E-state index in [1.54, 1.807) is 0 Å². The Morgan fingerprint density at radius 3 is 2.19 bits per heavy atom. The molecule has 0 aliphatic carbocycles. The Morgan fingerprint density at radius 1 is 1.14 bits per heavy atom. The number of hydrogen-bond donors (Lipinski definition) is 1. The fraction of sp³-hybridized carbons (Fsp3) is 0.500. The van der Waals surface area contributed by atoms with Crippen LogP contribution in [0.4, 0.5) is 0 Å². The largest absolute Gasteiger partial charge is 0.392 e. The molecule has 0 fully saturated rings. The second-order valence-corrected chi connectivity index (χ2v) is 4.89. The minimum absolute atomic E-state index is 0.0792. The minimum Gasteiger partial charge on any atom is -0.392 e. The highest BCUT2D eigenvalue weighted by atomic mass is 16.3. The lowest BCUT2D eigenvalue weighted by molar-refractivity contribution is 0.350. The molecule has 1 aromatic carbocycles. The van der Waals surface area contributed by atoms with Crippen molar-refractivity contribution in [3.05, 3.63) is 53.6 Å². The van der Waals surface area contributed by atoms with Crippen molar-refractivity contribution >= 4 is 5.57 Å². The van der Waals surface area contributed by atoms with E-state index in [0.717, 1.165) is 11.1 Å². The average Bonchev–Trinajstić information content (AvgIpc) is 2.56. The van der Waals surface area contributed by atoms with Crippen molar-refractivity contribution in [1.29, 1.82) is 0 Å². The normalized spacial score (nSPS) is 13.0. The summed E-state index contributed by atoms with van der Waals surface area (Å²) < 4.78 is 0. The zero-order valence-corrected chi connectivity index (χ0v) is 14.4. The summed E-state index contributed by atoms with van der Waals surface area (Å²) in [5.74, 6) is 0.663. The molecule has 1 aromatic rings. The fourth-order valence-electron chi connectivity index (χ4n) is 2.38. The third kappa shape index (κ3) is 6.77. The summed E-state index contributed by atoms with van der Waals surface area (Å²) in [5, 5.41) is 9.41. The number of hydrogen-bond acceptors (Lipinski definition) is 1. The first-order valence-electron chi connectivity index (χ1n) is 8.29. The number of aliphatic hydroxyl groups is 1. The SMILES string of the molecule is C/C=C\C=C(/CO)c1ccc(C(CC)CCC)cc1.CC. The lowest BCUT2D eigenvalue weighted by atomic mass is 9.91. The van der Waals surface area contributed by atoms with Gasteiger partial charge >= 0.3 is 0 Å². The maximum atomic E-state index is 9.41. The molecule has 0 aliphatic heterocycles. The predicted octanol–water partition coefficient (Wildman–Crippen LogP) is 5.96. The minimum atomic E-state index is 0.0792. The molecule has 0 saturated heterocycles. The quantitative estimate of drug-likeness (QED) is 0.614. The first-order valence-corrected chi connectivity index (χ1v) is 8.29. The molecule has 0 aromatic heterocycles. The lowest BCUT2D eigenvalue weighted by Crippen LogP contribution is -1.97. The number of rotatable bonds is 7. The Balaban J connectivity index is 0.00000191. The fourth-order valence-corrected chi connectivity index (χ4v) is 2.38. The van der Waals surface area contributed by atoms with Crippen LogP contribution in [0.3, 0.4) is 0 Å². The smallest absolute Gasteiger partial charge is 0.0687 e. The van der Waals surface area contributed by atoms with Gasteiger partial charge in [-0.15, -0.1) is 0 Å². The van der Waals surface area contributed by atoms with Crippen molar-refractivity contribution < 1.29 is 5.11 Å². The summed E-state index contributed by atoms with van der Waals surface area (Å²) in [6.45, 7) is 10.5. The van der Waals surface area contributed by atoms with E-state index in [2.05, 4.69) is 38.1 Å². The second kappa shape index (κ2) is 12.4. The maximum Gasteiger partial charge on any atom is 0.0687 e. The van der Waals surface area contributed by atoms with Crippen LogP contribution in [0.15, 0.2) is 42.5 Å². The van der Waals surface area contributed by atoms with Crippen molar-refractivity contribution in [1.82, 2.24) is 0 Å². The molecule has 0 saturated carbocycles. The van der Waals surface area contributed by atoms with Gasteiger partial charge in [-0.1, -0.05) is 76.6 Å². The van der Waals surface area contributed by atoms with Gasteiger partial charge in [0.2, 0.25) is 0 Å². The van der Waals surface area contributed by atoms with E-state index in [4.69, 9.17) is 0 Å². The van der Waals surface area contributed by atoms with Crippen LogP contribution in [0.25, 0.3) is 5.57 Å². The molecule has 0 radical (unpaired) electrons. The van der Waals surface area contributed by atoms with Crippen molar-refractivity contribution in [2.45, 2.75) is 59.8 Å². The van der Waals surface area contributed by atoms with Gasteiger partial charge < -0.3 is 5.11 Å². The van der Waals surface area contributed by atoms with E-state index < -0.39 is 0 Å². The van der Waals surface area contributed by atoms with Crippen LogP contribution in [0.1, 0.15) is 70.9 Å². The van der Waals surface area contributed by atoms with E-state index in [-0.39, 0.29) is 6.61 Å². The third-order valence-electron chi connectivity index (χ3n) is 3.54. The van der Waals surface area contributed by atoms with Crippen LogP contribution in [-0.4, -0.2) is 11.7 Å². The van der Waals surface area contributed by atoms with Gasteiger partial charge in [0.1, 0.15) is 0 Å². The molecule has 0 bridgehead atoms. The van der Waals surface area contributed by atoms with Crippen LogP contribution in [0.5, 0.6) is 0 Å². The van der Waals surface area contributed by atoms with Gasteiger partial charge in [-0.2, -0.15) is 0 Å². The summed E-state index contributed by atoms with van der Waals surface area (Å²) in [4.78, 5) is 0. The highest BCUT2D eigenvalue weighted by Gasteiger charge is 2.08. The van der Waals surface area contributed by atoms with Crippen LogP contribution in [0, 0.1) is 0 Å².